The van der Waals surface area contributed by atoms with E-state index in [2.05, 4.69) is 38.4 Å². The van der Waals surface area contributed by atoms with E-state index in [0.717, 1.165) is 22.2 Å². The molecule has 0 spiro atoms. The zero-order valence-electron chi connectivity index (χ0n) is 9.47. The van der Waals surface area contributed by atoms with Gasteiger partial charge in [-0.05, 0) is 35.6 Å². The largest absolute Gasteiger partial charge is 0.217 e. The van der Waals surface area contributed by atoms with Crippen molar-refractivity contribution in [2.24, 2.45) is 5.92 Å². The molecule has 1 aromatic heterocycles. The molecule has 16 heavy (non-hydrogen) atoms. The molecule has 1 unspecified atom stereocenters. The van der Waals surface area contributed by atoms with Gasteiger partial charge in [0.15, 0.2) is 0 Å². The molecule has 1 fully saturated rings. The van der Waals surface area contributed by atoms with E-state index in [4.69, 9.17) is 0 Å². The molecule has 90 valence electrons. The standard InChI is InChI=1S/C10H17BrN4S/c1-2-3-8(6-11)7-16-10-12-13-14-15(10)9-4-5-9/h8-9H,2-7H2,1H3. The van der Waals surface area contributed by atoms with Crippen molar-refractivity contribution in [2.45, 2.75) is 43.8 Å². The second-order valence-electron chi connectivity index (χ2n) is 4.26. The molecule has 2 rings (SSSR count). The van der Waals surface area contributed by atoms with E-state index in [-0.39, 0.29) is 0 Å². The highest BCUT2D eigenvalue weighted by Crippen LogP contribution is 2.36. The van der Waals surface area contributed by atoms with Crippen molar-refractivity contribution in [3.63, 3.8) is 0 Å². The molecule has 0 N–H and O–H groups in total. The summed E-state index contributed by atoms with van der Waals surface area (Å²) in [6, 6.07) is 0.575. The summed E-state index contributed by atoms with van der Waals surface area (Å²) in [5, 5.41) is 14.0. The van der Waals surface area contributed by atoms with Crippen molar-refractivity contribution in [2.75, 3.05) is 11.1 Å². The maximum Gasteiger partial charge on any atom is 0.209 e. The molecular weight excluding hydrogens is 288 g/mol. The molecule has 0 saturated heterocycles. The maximum absolute atomic E-state index is 4.09. The zero-order valence-corrected chi connectivity index (χ0v) is 11.9. The van der Waals surface area contributed by atoms with E-state index in [1.165, 1.54) is 25.7 Å². The van der Waals surface area contributed by atoms with Crippen LogP contribution in [0.15, 0.2) is 5.16 Å². The molecule has 0 bridgehead atoms. The Kier molecular flexibility index (Phi) is 4.64. The number of hydrogen-bond acceptors (Lipinski definition) is 4. The molecule has 1 saturated carbocycles. The second-order valence-corrected chi connectivity index (χ2v) is 5.89. The molecular formula is C10H17BrN4S. The highest BCUT2D eigenvalue weighted by Gasteiger charge is 2.28. The summed E-state index contributed by atoms with van der Waals surface area (Å²) in [6.07, 6.45) is 4.97. The van der Waals surface area contributed by atoms with Crippen LogP contribution in [0.25, 0.3) is 0 Å². The van der Waals surface area contributed by atoms with E-state index >= 15 is 0 Å². The lowest BCUT2D eigenvalue weighted by atomic mass is 10.1. The van der Waals surface area contributed by atoms with E-state index in [1.807, 2.05) is 4.68 Å². The van der Waals surface area contributed by atoms with Crippen molar-refractivity contribution in [3.8, 4) is 0 Å². The molecule has 0 radical (unpaired) electrons. The van der Waals surface area contributed by atoms with Crippen LogP contribution in [0, 0.1) is 5.92 Å². The van der Waals surface area contributed by atoms with E-state index < -0.39 is 0 Å². The normalized spacial score (nSPS) is 17.6. The van der Waals surface area contributed by atoms with Gasteiger partial charge in [0.05, 0.1) is 6.04 Å². The lowest BCUT2D eigenvalue weighted by Crippen LogP contribution is -2.06. The average molecular weight is 305 g/mol. The molecule has 1 atom stereocenters. The van der Waals surface area contributed by atoms with Crippen molar-refractivity contribution in [1.82, 2.24) is 20.2 Å². The first-order chi connectivity index (χ1) is 7.85. The van der Waals surface area contributed by atoms with Gasteiger partial charge in [-0.3, -0.25) is 0 Å². The van der Waals surface area contributed by atoms with Crippen LogP contribution in [0.2, 0.25) is 0 Å². The Balaban J connectivity index is 1.85. The quantitative estimate of drug-likeness (QED) is 0.574. The molecule has 1 aromatic rings. The molecule has 0 aliphatic heterocycles. The topological polar surface area (TPSA) is 43.6 Å². The Morgan fingerprint density at radius 3 is 3.00 bits per heavy atom. The van der Waals surface area contributed by atoms with Gasteiger partial charge in [-0.15, -0.1) is 5.10 Å². The van der Waals surface area contributed by atoms with Gasteiger partial charge in [-0.2, -0.15) is 0 Å². The van der Waals surface area contributed by atoms with Crippen LogP contribution in [0.3, 0.4) is 0 Å². The van der Waals surface area contributed by atoms with Gasteiger partial charge in [0.2, 0.25) is 5.16 Å². The summed E-state index contributed by atoms with van der Waals surface area (Å²) in [7, 11) is 0. The van der Waals surface area contributed by atoms with Crippen molar-refractivity contribution >= 4 is 27.7 Å². The molecule has 0 amide bonds. The Morgan fingerprint density at radius 1 is 1.56 bits per heavy atom. The molecule has 1 aliphatic carbocycles. The SMILES string of the molecule is CCCC(CBr)CSc1nnnn1C1CC1. The first-order valence-electron chi connectivity index (χ1n) is 5.81. The fourth-order valence-electron chi connectivity index (χ4n) is 1.63. The monoisotopic (exact) mass is 304 g/mol. The summed E-state index contributed by atoms with van der Waals surface area (Å²) in [4.78, 5) is 0. The van der Waals surface area contributed by atoms with E-state index in [0.29, 0.717) is 6.04 Å². The van der Waals surface area contributed by atoms with Gasteiger partial charge in [-0.25, -0.2) is 4.68 Å². The number of halogens is 1. The number of tetrazole rings is 1. The highest BCUT2D eigenvalue weighted by molar-refractivity contribution is 9.09. The fourth-order valence-corrected chi connectivity index (χ4v) is 3.57. The summed E-state index contributed by atoms with van der Waals surface area (Å²) in [6.45, 7) is 2.23. The Labute approximate surface area is 109 Å². The summed E-state index contributed by atoms with van der Waals surface area (Å²) in [5.41, 5.74) is 0. The van der Waals surface area contributed by atoms with E-state index in [9.17, 15) is 0 Å². The van der Waals surface area contributed by atoms with Crippen LogP contribution < -0.4 is 0 Å². The van der Waals surface area contributed by atoms with Crippen LogP contribution in [0.4, 0.5) is 0 Å². The third-order valence-electron chi connectivity index (χ3n) is 2.72. The molecule has 6 heteroatoms. The lowest BCUT2D eigenvalue weighted by molar-refractivity contribution is 0.561. The Hall–Kier alpha value is -0.100. The first kappa shape index (κ1) is 12.4. The molecule has 4 nitrogen and oxygen atoms in total. The van der Waals surface area contributed by atoms with Gasteiger partial charge in [0.1, 0.15) is 0 Å². The maximum atomic E-state index is 4.09. The Morgan fingerprint density at radius 2 is 2.38 bits per heavy atom. The van der Waals surface area contributed by atoms with Crippen molar-refractivity contribution < 1.29 is 0 Å². The minimum atomic E-state index is 0.575. The lowest BCUT2D eigenvalue weighted by Gasteiger charge is -2.11. The zero-order chi connectivity index (χ0) is 11.4. The predicted octanol–water partition coefficient (Wildman–Crippen LogP) is 2.91. The minimum Gasteiger partial charge on any atom is -0.217 e. The summed E-state index contributed by atoms with van der Waals surface area (Å²) >= 11 is 5.36. The molecule has 1 aliphatic rings. The number of nitrogens with zero attached hydrogens (tertiary/aromatic N) is 4. The highest BCUT2D eigenvalue weighted by atomic mass is 79.9. The van der Waals surface area contributed by atoms with Crippen LogP contribution >= 0.6 is 27.7 Å². The number of thioether (sulfide) groups is 1. The smallest absolute Gasteiger partial charge is 0.209 e. The number of alkyl halides is 1. The van der Waals surface area contributed by atoms with Gasteiger partial charge in [-0.1, -0.05) is 41.0 Å². The Bertz CT molecular complexity index is 326. The van der Waals surface area contributed by atoms with Crippen LogP contribution in [0.5, 0.6) is 0 Å². The van der Waals surface area contributed by atoms with Crippen LogP contribution in [0.1, 0.15) is 38.6 Å². The second kappa shape index (κ2) is 6.00. The van der Waals surface area contributed by atoms with Crippen molar-refractivity contribution in [3.05, 3.63) is 0 Å². The third-order valence-corrected chi connectivity index (χ3v) is 4.80. The predicted molar refractivity (Wildman–Crippen MR) is 69.0 cm³/mol. The van der Waals surface area contributed by atoms with Gasteiger partial charge in [0.25, 0.3) is 0 Å². The summed E-state index contributed by atoms with van der Waals surface area (Å²) < 4.78 is 1.99. The third kappa shape index (κ3) is 3.20. The number of hydrogen-bond donors (Lipinski definition) is 0. The van der Waals surface area contributed by atoms with Crippen LogP contribution in [-0.4, -0.2) is 31.3 Å². The molecule has 1 heterocycles. The summed E-state index contributed by atoms with van der Waals surface area (Å²) in [5.74, 6) is 1.82. The average Bonchev–Trinajstić information content (AvgIpc) is 3.04. The minimum absolute atomic E-state index is 0.575. The van der Waals surface area contributed by atoms with Gasteiger partial charge >= 0.3 is 0 Å². The molecule has 0 aromatic carbocycles. The van der Waals surface area contributed by atoms with Gasteiger partial charge in [0, 0.05) is 11.1 Å². The van der Waals surface area contributed by atoms with E-state index in [1.54, 1.807) is 11.8 Å². The van der Waals surface area contributed by atoms with Crippen LogP contribution in [-0.2, 0) is 0 Å². The van der Waals surface area contributed by atoms with Crippen molar-refractivity contribution in [1.29, 1.82) is 0 Å². The van der Waals surface area contributed by atoms with Gasteiger partial charge < -0.3 is 0 Å². The number of aromatic nitrogens is 4. The number of rotatable bonds is 7. The fraction of sp³-hybridized carbons (Fsp3) is 0.900. The first-order valence-corrected chi connectivity index (χ1v) is 7.92.